The van der Waals surface area contributed by atoms with E-state index in [0.29, 0.717) is 18.4 Å². The third-order valence-electron chi connectivity index (χ3n) is 0.746. The summed E-state index contributed by atoms with van der Waals surface area (Å²) in [6, 6.07) is 0. The van der Waals surface area contributed by atoms with E-state index < -0.39 is 0 Å². The van der Waals surface area contributed by atoms with Crippen molar-refractivity contribution in [1.82, 2.24) is 10.2 Å². The number of rotatable bonds is 2. The number of hydrogen-bond donors (Lipinski definition) is 0. The fourth-order valence-corrected chi connectivity index (χ4v) is 0.709. The molecule has 0 atom stereocenters. The molecule has 0 spiro atoms. The third kappa shape index (κ3) is 1.90. The van der Waals surface area contributed by atoms with Crippen LogP contribution in [-0.4, -0.2) is 10.2 Å². The Morgan fingerprint density at radius 3 is 2.89 bits per heavy atom. The van der Waals surface area contributed by atoms with Crippen LogP contribution in [0.15, 0.2) is 4.42 Å². The summed E-state index contributed by atoms with van der Waals surface area (Å²) in [4.78, 5) is 0. The van der Waals surface area contributed by atoms with Crippen molar-refractivity contribution in [1.29, 1.82) is 0 Å². The van der Waals surface area contributed by atoms with Crippen LogP contribution in [0.1, 0.15) is 11.8 Å². The van der Waals surface area contributed by atoms with Crippen LogP contribution in [0.4, 0.5) is 0 Å². The van der Waals surface area contributed by atoms with Crippen molar-refractivity contribution in [2.45, 2.75) is 13.5 Å². The molecule has 50 valence electrons. The van der Waals surface area contributed by atoms with Crippen molar-refractivity contribution in [3.8, 4) is 0 Å². The zero-order chi connectivity index (χ0) is 6.69. The quantitative estimate of drug-likeness (QED) is 0.729. The lowest BCUT2D eigenvalue weighted by atomic mass is 10.7. The number of hydrogen-bond acceptors (Lipinski definition) is 4. The van der Waals surface area contributed by atoms with Gasteiger partial charge < -0.3 is 7.48 Å². The van der Waals surface area contributed by atoms with Gasteiger partial charge in [-0.1, -0.05) is 0 Å². The molecule has 4 nitrogen and oxygen atoms in total. The lowest BCUT2D eigenvalue weighted by molar-refractivity contribution is 0.335. The lowest BCUT2D eigenvalue weighted by Gasteiger charge is -1.84. The van der Waals surface area contributed by atoms with E-state index in [9.17, 15) is 0 Å². The van der Waals surface area contributed by atoms with E-state index in [2.05, 4.69) is 10.2 Å². The predicted octanol–water partition coefficient (Wildman–Crippen LogP) is 1.24. The van der Waals surface area contributed by atoms with E-state index in [1.165, 1.54) is 0 Å². The molecule has 0 radical (unpaired) electrons. The highest BCUT2D eigenvalue weighted by Gasteiger charge is 1.98. The van der Waals surface area contributed by atoms with Crippen LogP contribution in [0.25, 0.3) is 0 Å². The van der Waals surface area contributed by atoms with Crippen molar-refractivity contribution in [2.24, 2.45) is 0 Å². The molecule has 1 rings (SSSR count). The average Bonchev–Trinajstić information content (AvgIpc) is 2.17. The molecule has 0 aliphatic carbocycles. The van der Waals surface area contributed by atoms with Gasteiger partial charge in [0.25, 0.3) is 0 Å². The van der Waals surface area contributed by atoms with Gasteiger partial charge in [0, 0.05) is 6.92 Å². The molecule has 0 bridgehead atoms. The van der Waals surface area contributed by atoms with Crippen LogP contribution in [0, 0.1) is 6.92 Å². The maximum absolute atomic E-state index is 4.97. The fourth-order valence-electron chi connectivity index (χ4n) is 0.443. The third-order valence-corrected chi connectivity index (χ3v) is 1.06. The molecule has 1 heterocycles. The maximum atomic E-state index is 4.97. The van der Waals surface area contributed by atoms with E-state index in [4.69, 9.17) is 7.48 Å². The van der Waals surface area contributed by atoms with Gasteiger partial charge in [0.2, 0.25) is 11.8 Å². The summed E-state index contributed by atoms with van der Waals surface area (Å²) in [7, 11) is 0. The Morgan fingerprint density at radius 1 is 1.67 bits per heavy atom. The molecule has 0 amide bonds. The summed E-state index contributed by atoms with van der Waals surface area (Å²) in [5, 5.41) is 7.29. The molecule has 0 saturated carbocycles. The maximum Gasteiger partial charge on any atom is 0.243 e. The Morgan fingerprint density at radius 2 is 2.44 bits per heavy atom. The van der Waals surface area contributed by atoms with Gasteiger partial charge in [-0.2, -0.15) is 0 Å². The number of halogens is 1. The van der Waals surface area contributed by atoms with Crippen molar-refractivity contribution >= 4 is 23.0 Å². The van der Waals surface area contributed by atoms with Gasteiger partial charge in [0.15, 0.2) is 0 Å². The normalized spacial score (nSPS) is 10.0. The van der Waals surface area contributed by atoms with E-state index in [1.807, 2.05) is 0 Å². The van der Waals surface area contributed by atoms with Gasteiger partial charge in [0.1, 0.15) is 29.6 Å². The van der Waals surface area contributed by atoms with Gasteiger partial charge in [-0.05, 0) is 0 Å². The molecule has 1 aromatic rings. The first-order chi connectivity index (χ1) is 4.33. The first-order valence-electron chi connectivity index (χ1n) is 2.35. The van der Waals surface area contributed by atoms with Crippen LogP contribution in [0.3, 0.4) is 0 Å². The highest BCUT2D eigenvalue weighted by molar-refractivity contribution is 14.1. The zero-order valence-corrected chi connectivity index (χ0v) is 6.95. The fraction of sp³-hybridized carbons (Fsp3) is 0.500. The first kappa shape index (κ1) is 6.94. The Hall–Kier alpha value is -0.170. The minimum absolute atomic E-state index is 0.376. The lowest BCUT2D eigenvalue weighted by Crippen LogP contribution is -1.81. The van der Waals surface area contributed by atoms with Crippen molar-refractivity contribution in [2.75, 3.05) is 0 Å². The van der Waals surface area contributed by atoms with Crippen LogP contribution in [0.2, 0.25) is 0 Å². The predicted molar refractivity (Wildman–Crippen MR) is 37.8 cm³/mol. The largest absolute Gasteiger partial charge is 0.423 e. The average molecular weight is 240 g/mol. The van der Waals surface area contributed by atoms with Crippen molar-refractivity contribution in [3.05, 3.63) is 11.8 Å². The summed E-state index contributed by atoms with van der Waals surface area (Å²) in [5.74, 6) is 1.08. The molecule has 0 aliphatic rings. The van der Waals surface area contributed by atoms with Gasteiger partial charge in [-0.25, -0.2) is 0 Å². The van der Waals surface area contributed by atoms with Gasteiger partial charge >= 0.3 is 0 Å². The zero-order valence-electron chi connectivity index (χ0n) is 4.80. The van der Waals surface area contributed by atoms with Crippen LogP contribution < -0.4 is 0 Å². The molecule has 0 aromatic carbocycles. The molecular weight excluding hydrogens is 235 g/mol. The smallest absolute Gasteiger partial charge is 0.243 e. The Labute approximate surface area is 66.3 Å². The van der Waals surface area contributed by atoms with Gasteiger partial charge in [-0.15, -0.1) is 10.2 Å². The summed E-state index contributed by atoms with van der Waals surface area (Å²) in [5.41, 5.74) is 0. The minimum Gasteiger partial charge on any atom is -0.423 e. The highest BCUT2D eigenvalue weighted by Crippen LogP contribution is 2.01. The van der Waals surface area contributed by atoms with Crippen LogP contribution in [0.5, 0.6) is 0 Å². The monoisotopic (exact) mass is 240 g/mol. The molecule has 0 unspecified atom stereocenters. The molecule has 0 aliphatic heterocycles. The van der Waals surface area contributed by atoms with Crippen LogP contribution >= 0.6 is 23.0 Å². The second kappa shape index (κ2) is 3.11. The Balaban J connectivity index is 2.61. The van der Waals surface area contributed by atoms with Crippen molar-refractivity contribution < 1.29 is 7.48 Å². The van der Waals surface area contributed by atoms with E-state index in [-0.39, 0.29) is 0 Å². The molecule has 0 saturated heterocycles. The molecule has 5 heteroatoms. The van der Waals surface area contributed by atoms with Crippen molar-refractivity contribution in [3.63, 3.8) is 0 Å². The molecular formula is C4H5IN2O2. The number of nitrogens with zero attached hydrogens (tertiary/aromatic N) is 2. The molecule has 0 N–H and O–H groups in total. The summed E-state index contributed by atoms with van der Waals surface area (Å²) >= 11 is 1.77. The van der Waals surface area contributed by atoms with Gasteiger partial charge in [0.05, 0.1) is 0 Å². The molecule has 9 heavy (non-hydrogen) atoms. The van der Waals surface area contributed by atoms with Crippen LogP contribution in [-0.2, 0) is 9.67 Å². The Bertz CT molecular complexity index is 188. The highest BCUT2D eigenvalue weighted by atomic mass is 127. The minimum atomic E-state index is 0.376. The number of aromatic nitrogens is 2. The summed E-state index contributed by atoms with van der Waals surface area (Å²) in [6.07, 6.45) is 0. The SMILES string of the molecule is Cc1nnc(COI)o1. The first-order valence-corrected chi connectivity index (χ1v) is 3.23. The topological polar surface area (TPSA) is 48.2 Å². The second-order valence-corrected chi connectivity index (χ2v) is 2.09. The van der Waals surface area contributed by atoms with E-state index >= 15 is 0 Å². The number of aryl methyl sites for hydroxylation is 1. The summed E-state index contributed by atoms with van der Waals surface area (Å²) in [6.45, 7) is 2.12. The molecule has 0 fully saturated rings. The second-order valence-electron chi connectivity index (χ2n) is 1.47. The molecule has 1 aromatic heterocycles. The Kier molecular flexibility index (Phi) is 2.40. The summed E-state index contributed by atoms with van der Waals surface area (Å²) < 4.78 is 9.69. The van der Waals surface area contributed by atoms with E-state index in [0.717, 1.165) is 0 Å². The standard InChI is InChI=1S/C4H5IN2O2/c1-3-6-7-4(9-3)2-8-5/h2H2,1H3. The van der Waals surface area contributed by atoms with E-state index in [1.54, 1.807) is 29.9 Å². The van der Waals surface area contributed by atoms with Gasteiger partial charge in [-0.3, -0.25) is 0 Å².